The van der Waals surface area contributed by atoms with Crippen molar-refractivity contribution < 1.29 is 9.59 Å². The van der Waals surface area contributed by atoms with Crippen molar-refractivity contribution >= 4 is 11.8 Å². The number of likely N-dealkylation sites (tertiary alicyclic amines) is 1. The molecule has 2 rings (SSSR count). The molecule has 0 bridgehead atoms. The van der Waals surface area contributed by atoms with Crippen LogP contribution in [0.2, 0.25) is 0 Å². The normalized spacial score (nSPS) is 21.7. The monoisotopic (exact) mass is 238 g/mol. The summed E-state index contributed by atoms with van der Waals surface area (Å²) in [7, 11) is 0. The van der Waals surface area contributed by atoms with Gasteiger partial charge < -0.3 is 10.2 Å². The number of hydrogen-bond acceptors (Lipinski definition) is 2. The zero-order valence-corrected chi connectivity index (χ0v) is 10.7. The predicted octanol–water partition coefficient (Wildman–Crippen LogP) is 1.16. The van der Waals surface area contributed by atoms with Gasteiger partial charge in [-0.15, -0.1) is 0 Å². The molecule has 1 aliphatic heterocycles. The zero-order chi connectivity index (χ0) is 12.4. The quantitative estimate of drug-likeness (QED) is 0.799. The summed E-state index contributed by atoms with van der Waals surface area (Å²) < 4.78 is 0. The number of rotatable bonds is 4. The van der Waals surface area contributed by atoms with Crippen LogP contribution in [0, 0.1) is 11.8 Å². The summed E-state index contributed by atoms with van der Waals surface area (Å²) in [5, 5.41) is 2.92. The molecule has 0 spiro atoms. The first-order chi connectivity index (χ1) is 8.09. The SMILES string of the molecule is CC(C)[C@H](NC(=O)C1CC1)C(=O)N1CCCC1. The maximum Gasteiger partial charge on any atom is 0.245 e. The van der Waals surface area contributed by atoms with Crippen molar-refractivity contribution in [3.8, 4) is 0 Å². The second-order valence-electron chi connectivity index (χ2n) is 5.54. The van der Waals surface area contributed by atoms with E-state index in [0.29, 0.717) is 0 Å². The Hall–Kier alpha value is -1.06. The molecule has 0 aromatic carbocycles. The van der Waals surface area contributed by atoms with Gasteiger partial charge in [0.15, 0.2) is 0 Å². The lowest BCUT2D eigenvalue weighted by molar-refractivity contribution is -0.137. The molecule has 1 heterocycles. The molecule has 4 nitrogen and oxygen atoms in total. The van der Waals surface area contributed by atoms with E-state index in [1.54, 1.807) is 0 Å². The molecule has 2 amide bonds. The zero-order valence-electron chi connectivity index (χ0n) is 10.7. The van der Waals surface area contributed by atoms with Crippen LogP contribution in [0.1, 0.15) is 39.5 Å². The Kier molecular flexibility index (Phi) is 3.69. The summed E-state index contributed by atoms with van der Waals surface area (Å²) >= 11 is 0. The lowest BCUT2D eigenvalue weighted by Gasteiger charge is -2.26. The van der Waals surface area contributed by atoms with Gasteiger partial charge in [-0.3, -0.25) is 9.59 Å². The van der Waals surface area contributed by atoms with Crippen LogP contribution in [0.4, 0.5) is 0 Å². The molecule has 0 aromatic rings. The number of hydrogen-bond donors (Lipinski definition) is 1. The van der Waals surface area contributed by atoms with Gasteiger partial charge in [0, 0.05) is 19.0 Å². The van der Waals surface area contributed by atoms with Crippen LogP contribution in [0.15, 0.2) is 0 Å². The average Bonchev–Trinajstić information content (AvgIpc) is 3.00. The first-order valence-electron chi connectivity index (χ1n) is 6.68. The fraction of sp³-hybridized carbons (Fsp3) is 0.846. The van der Waals surface area contributed by atoms with Crippen LogP contribution in [0.25, 0.3) is 0 Å². The van der Waals surface area contributed by atoms with E-state index in [4.69, 9.17) is 0 Å². The highest BCUT2D eigenvalue weighted by atomic mass is 16.2. The van der Waals surface area contributed by atoms with Crippen LogP contribution < -0.4 is 5.32 Å². The van der Waals surface area contributed by atoms with Crippen LogP contribution in [0.3, 0.4) is 0 Å². The largest absolute Gasteiger partial charge is 0.344 e. The van der Waals surface area contributed by atoms with Gasteiger partial charge in [-0.1, -0.05) is 13.8 Å². The highest BCUT2D eigenvalue weighted by molar-refractivity contribution is 5.89. The summed E-state index contributed by atoms with van der Waals surface area (Å²) in [6.07, 6.45) is 4.14. The number of amides is 2. The van der Waals surface area contributed by atoms with Crippen molar-refractivity contribution in [2.75, 3.05) is 13.1 Å². The van der Waals surface area contributed by atoms with Gasteiger partial charge in [-0.05, 0) is 31.6 Å². The molecule has 4 heteroatoms. The molecular formula is C13H22N2O2. The van der Waals surface area contributed by atoms with E-state index in [9.17, 15) is 9.59 Å². The molecule has 1 atom stereocenters. The average molecular weight is 238 g/mol. The van der Waals surface area contributed by atoms with Gasteiger partial charge in [0.25, 0.3) is 0 Å². The van der Waals surface area contributed by atoms with E-state index in [1.807, 2.05) is 18.7 Å². The van der Waals surface area contributed by atoms with Gasteiger partial charge >= 0.3 is 0 Å². The van der Waals surface area contributed by atoms with Gasteiger partial charge in [0.2, 0.25) is 11.8 Å². The maximum atomic E-state index is 12.3. The Balaban J connectivity index is 1.94. The topological polar surface area (TPSA) is 49.4 Å². The predicted molar refractivity (Wildman–Crippen MR) is 65.3 cm³/mol. The summed E-state index contributed by atoms with van der Waals surface area (Å²) in [6, 6.07) is -0.332. The molecule has 0 radical (unpaired) electrons. The minimum Gasteiger partial charge on any atom is -0.344 e. The third-order valence-electron chi connectivity index (χ3n) is 3.60. The van der Waals surface area contributed by atoms with Crippen molar-refractivity contribution in [1.29, 1.82) is 0 Å². The molecule has 17 heavy (non-hydrogen) atoms. The number of nitrogens with zero attached hydrogens (tertiary/aromatic N) is 1. The summed E-state index contributed by atoms with van der Waals surface area (Å²) in [6.45, 7) is 5.68. The van der Waals surface area contributed by atoms with Gasteiger partial charge in [-0.25, -0.2) is 0 Å². The van der Waals surface area contributed by atoms with E-state index in [-0.39, 0.29) is 29.7 Å². The minimum atomic E-state index is -0.332. The van der Waals surface area contributed by atoms with E-state index < -0.39 is 0 Å². The second-order valence-corrected chi connectivity index (χ2v) is 5.54. The first kappa shape index (κ1) is 12.4. The molecule has 1 saturated heterocycles. The number of carbonyl (C=O) groups is 2. The maximum absolute atomic E-state index is 12.3. The standard InChI is InChI=1S/C13H22N2O2/c1-9(2)11(14-12(16)10-5-6-10)13(17)15-7-3-4-8-15/h9-11H,3-8H2,1-2H3,(H,14,16)/t11-/m0/s1. The Bertz CT molecular complexity index is 305. The first-order valence-corrected chi connectivity index (χ1v) is 6.68. The Morgan fingerprint density at radius 3 is 2.24 bits per heavy atom. The molecule has 1 aliphatic carbocycles. The van der Waals surface area contributed by atoms with Gasteiger partial charge in [0.05, 0.1) is 0 Å². The van der Waals surface area contributed by atoms with Crippen molar-refractivity contribution in [3.63, 3.8) is 0 Å². The van der Waals surface area contributed by atoms with Crippen molar-refractivity contribution in [2.24, 2.45) is 11.8 Å². The molecule has 0 aromatic heterocycles. The van der Waals surface area contributed by atoms with E-state index in [1.165, 1.54) is 0 Å². The highest BCUT2D eigenvalue weighted by Gasteiger charge is 2.35. The smallest absolute Gasteiger partial charge is 0.245 e. The minimum absolute atomic E-state index is 0.0660. The van der Waals surface area contributed by atoms with Crippen molar-refractivity contribution in [3.05, 3.63) is 0 Å². The third kappa shape index (κ3) is 2.99. The molecule has 0 unspecified atom stereocenters. The summed E-state index contributed by atoms with van der Waals surface area (Å²) in [5.41, 5.74) is 0. The third-order valence-corrected chi connectivity index (χ3v) is 3.60. The number of nitrogens with one attached hydrogen (secondary N) is 1. The van der Waals surface area contributed by atoms with Gasteiger partial charge in [0.1, 0.15) is 6.04 Å². The summed E-state index contributed by atoms with van der Waals surface area (Å²) in [4.78, 5) is 25.9. The molecule has 1 N–H and O–H groups in total. The molecular weight excluding hydrogens is 216 g/mol. The number of carbonyl (C=O) groups excluding carboxylic acids is 2. The van der Waals surface area contributed by atoms with E-state index >= 15 is 0 Å². The lowest BCUT2D eigenvalue weighted by Crippen LogP contribution is -2.50. The fourth-order valence-electron chi connectivity index (χ4n) is 2.26. The van der Waals surface area contributed by atoms with Crippen LogP contribution in [-0.2, 0) is 9.59 Å². The van der Waals surface area contributed by atoms with Crippen LogP contribution in [-0.4, -0.2) is 35.8 Å². The second kappa shape index (κ2) is 5.07. The molecule has 2 aliphatic rings. The van der Waals surface area contributed by atoms with E-state index in [2.05, 4.69) is 5.32 Å². The molecule has 2 fully saturated rings. The van der Waals surface area contributed by atoms with Crippen molar-refractivity contribution in [1.82, 2.24) is 10.2 Å². The van der Waals surface area contributed by atoms with Gasteiger partial charge in [-0.2, -0.15) is 0 Å². The molecule has 1 saturated carbocycles. The lowest BCUT2D eigenvalue weighted by atomic mass is 10.0. The molecule has 96 valence electrons. The Labute approximate surface area is 103 Å². The van der Waals surface area contributed by atoms with Crippen molar-refractivity contribution in [2.45, 2.75) is 45.6 Å². The van der Waals surface area contributed by atoms with E-state index in [0.717, 1.165) is 38.8 Å². The van der Waals surface area contributed by atoms with Crippen LogP contribution in [0.5, 0.6) is 0 Å². The fourth-order valence-corrected chi connectivity index (χ4v) is 2.26. The highest BCUT2D eigenvalue weighted by Crippen LogP contribution is 2.29. The Morgan fingerprint density at radius 1 is 1.18 bits per heavy atom. The summed E-state index contributed by atoms with van der Waals surface area (Å²) in [5.74, 6) is 0.496. The van der Waals surface area contributed by atoms with Crippen LogP contribution >= 0.6 is 0 Å². The Morgan fingerprint density at radius 2 is 1.76 bits per heavy atom.